The second-order valence-corrected chi connectivity index (χ2v) is 2.65. The molecule has 90 valence electrons. The maximum Gasteiger partial charge on any atom is 0.207 e. The average Bonchev–Trinajstić information content (AvgIpc) is 2.26. The Labute approximate surface area is 106 Å². The number of Topliss-reactive ketones (excluding diaryl/α,β-unsaturated/α-hetero) is 1. The molecular formula is C10H13Cl2NO3. The van der Waals surface area contributed by atoms with Crippen molar-refractivity contribution in [3.05, 3.63) is 29.8 Å². The molecule has 0 spiro atoms. The van der Waals surface area contributed by atoms with Crippen LogP contribution in [0, 0.1) is 0 Å². The second-order valence-electron chi connectivity index (χ2n) is 2.65. The quantitative estimate of drug-likeness (QED) is 0.648. The van der Waals surface area contributed by atoms with Crippen LogP contribution in [0.4, 0.5) is 0 Å². The Morgan fingerprint density at radius 3 is 2.31 bits per heavy atom. The normalized spacial score (nSPS) is 8.06. The zero-order chi connectivity index (χ0) is 10.4. The molecule has 1 N–H and O–H groups in total. The van der Waals surface area contributed by atoms with Gasteiger partial charge in [0.25, 0.3) is 0 Å². The summed E-state index contributed by atoms with van der Waals surface area (Å²) < 4.78 is 4.95. The lowest BCUT2D eigenvalue weighted by Gasteiger charge is -2.01. The van der Waals surface area contributed by atoms with Crippen molar-refractivity contribution >= 4 is 37.0 Å². The Balaban J connectivity index is 0. The third kappa shape index (κ3) is 5.00. The highest BCUT2D eigenvalue weighted by Crippen LogP contribution is 2.11. The van der Waals surface area contributed by atoms with Crippen molar-refractivity contribution in [3.8, 4) is 5.75 Å². The molecule has 0 unspecified atom stereocenters. The van der Waals surface area contributed by atoms with E-state index in [2.05, 4.69) is 5.32 Å². The van der Waals surface area contributed by atoms with Gasteiger partial charge < -0.3 is 10.1 Å². The Morgan fingerprint density at radius 2 is 1.88 bits per heavy atom. The molecule has 0 radical (unpaired) electrons. The topological polar surface area (TPSA) is 55.4 Å². The maximum absolute atomic E-state index is 11.3. The van der Waals surface area contributed by atoms with Gasteiger partial charge in [-0.2, -0.15) is 0 Å². The van der Waals surface area contributed by atoms with E-state index in [4.69, 9.17) is 4.74 Å². The Hall–Kier alpha value is -1.26. The second kappa shape index (κ2) is 9.00. The number of methoxy groups -OCH3 is 1. The number of carbonyl (C=O) groups is 2. The third-order valence-electron chi connectivity index (χ3n) is 1.76. The lowest BCUT2D eigenvalue weighted by Crippen LogP contribution is -2.21. The van der Waals surface area contributed by atoms with Crippen LogP contribution in [0.2, 0.25) is 0 Å². The van der Waals surface area contributed by atoms with Gasteiger partial charge in [0.1, 0.15) is 5.75 Å². The van der Waals surface area contributed by atoms with Crippen LogP contribution in [-0.4, -0.2) is 25.8 Å². The Morgan fingerprint density at radius 1 is 1.31 bits per heavy atom. The van der Waals surface area contributed by atoms with Crippen LogP contribution in [0.3, 0.4) is 0 Å². The van der Waals surface area contributed by atoms with Gasteiger partial charge in [-0.05, 0) is 24.3 Å². The summed E-state index contributed by atoms with van der Waals surface area (Å²) in [7, 11) is 1.56. The lowest BCUT2D eigenvalue weighted by atomic mass is 10.1. The number of hydrogen-bond acceptors (Lipinski definition) is 3. The highest BCUT2D eigenvalue weighted by atomic mass is 35.5. The summed E-state index contributed by atoms with van der Waals surface area (Å²) in [6.07, 6.45) is 0.501. The maximum atomic E-state index is 11.3. The van der Waals surface area contributed by atoms with Crippen molar-refractivity contribution in [1.82, 2.24) is 5.32 Å². The number of ether oxygens (including phenoxy) is 1. The first-order valence-electron chi connectivity index (χ1n) is 4.12. The van der Waals surface area contributed by atoms with E-state index in [1.54, 1.807) is 31.4 Å². The molecule has 0 heterocycles. The van der Waals surface area contributed by atoms with Crippen LogP contribution in [0.15, 0.2) is 24.3 Å². The van der Waals surface area contributed by atoms with Crippen molar-refractivity contribution < 1.29 is 14.3 Å². The van der Waals surface area contributed by atoms with Gasteiger partial charge in [-0.25, -0.2) is 0 Å². The van der Waals surface area contributed by atoms with Crippen LogP contribution in [0.25, 0.3) is 0 Å². The van der Waals surface area contributed by atoms with Crippen molar-refractivity contribution in [2.45, 2.75) is 0 Å². The molecule has 0 aliphatic heterocycles. The Kier molecular flexibility index (Phi) is 9.65. The molecule has 1 rings (SSSR count). The number of benzene rings is 1. The summed E-state index contributed by atoms with van der Waals surface area (Å²) >= 11 is 0. The fourth-order valence-electron chi connectivity index (χ4n) is 1.01. The van der Waals surface area contributed by atoms with Gasteiger partial charge in [0.05, 0.1) is 13.7 Å². The zero-order valence-electron chi connectivity index (χ0n) is 8.64. The number of amides is 1. The van der Waals surface area contributed by atoms with Gasteiger partial charge in [0, 0.05) is 5.56 Å². The predicted octanol–water partition coefficient (Wildman–Crippen LogP) is 1.47. The van der Waals surface area contributed by atoms with Crippen LogP contribution < -0.4 is 10.1 Å². The summed E-state index contributed by atoms with van der Waals surface area (Å²) in [5, 5.41) is 2.31. The van der Waals surface area contributed by atoms with Crippen LogP contribution >= 0.6 is 24.8 Å². The molecule has 0 aromatic heterocycles. The first-order valence-corrected chi connectivity index (χ1v) is 4.12. The smallest absolute Gasteiger partial charge is 0.207 e. The van der Waals surface area contributed by atoms with Gasteiger partial charge >= 0.3 is 0 Å². The van der Waals surface area contributed by atoms with E-state index in [-0.39, 0.29) is 37.1 Å². The van der Waals surface area contributed by atoms with Gasteiger partial charge in [-0.1, -0.05) is 0 Å². The number of hydrogen-bond donors (Lipinski definition) is 1. The number of halogens is 2. The molecule has 0 aliphatic rings. The minimum Gasteiger partial charge on any atom is -0.497 e. The minimum atomic E-state index is -0.125. The molecule has 1 amide bonds. The predicted molar refractivity (Wildman–Crippen MR) is 65.9 cm³/mol. The summed E-state index contributed by atoms with van der Waals surface area (Å²) in [5.74, 6) is 0.574. The number of nitrogens with one attached hydrogen (secondary N) is 1. The van der Waals surface area contributed by atoms with Crippen LogP contribution in [-0.2, 0) is 4.79 Å². The first-order chi connectivity index (χ1) is 6.77. The monoisotopic (exact) mass is 265 g/mol. The van der Waals surface area contributed by atoms with Crippen molar-refractivity contribution in [1.29, 1.82) is 0 Å². The molecule has 0 fully saturated rings. The molecule has 0 atom stereocenters. The molecule has 0 bridgehead atoms. The van der Waals surface area contributed by atoms with E-state index in [9.17, 15) is 9.59 Å². The highest BCUT2D eigenvalue weighted by Gasteiger charge is 2.04. The number of carbonyl (C=O) groups excluding carboxylic acids is 2. The Bertz CT molecular complexity index is 327. The van der Waals surface area contributed by atoms with Crippen LogP contribution in [0.1, 0.15) is 10.4 Å². The summed E-state index contributed by atoms with van der Waals surface area (Å²) in [4.78, 5) is 21.3. The summed E-state index contributed by atoms with van der Waals surface area (Å²) in [5.41, 5.74) is 0.556. The number of rotatable bonds is 5. The molecule has 0 aliphatic carbocycles. The average molecular weight is 266 g/mol. The minimum absolute atomic E-state index is 0. The number of ketones is 1. The molecule has 1 aromatic carbocycles. The first kappa shape index (κ1) is 17.1. The third-order valence-corrected chi connectivity index (χ3v) is 1.76. The van der Waals surface area contributed by atoms with E-state index in [0.717, 1.165) is 0 Å². The van der Waals surface area contributed by atoms with Crippen molar-refractivity contribution in [2.75, 3.05) is 13.7 Å². The van der Waals surface area contributed by atoms with E-state index in [1.807, 2.05) is 0 Å². The van der Waals surface area contributed by atoms with Gasteiger partial charge in [0.2, 0.25) is 6.41 Å². The van der Waals surface area contributed by atoms with Gasteiger partial charge in [-0.3, -0.25) is 9.59 Å². The highest BCUT2D eigenvalue weighted by molar-refractivity contribution is 5.98. The van der Waals surface area contributed by atoms with E-state index < -0.39 is 0 Å². The fourth-order valence-corrected chi connectivity index (χ4v) is 1.01. The summed E-state index contributed by atoms with van der Waals surface area (Å²) in [6, 6.07) is 6.73. The van der Waals surface area contributed by atoms with Crippen molar-refractivity contribution in [2.24, 2.45) is 0 Å². The molecular weight excluding hydrogens is 253 g/mol. The molecule has 0 saturated carbocycles. The largest absolute Gasteiger partial charge is 0.497 e. The zero-order valence-corrected chi connectivity index (χ0v) is 10.3. The fraction of sp³-hybridized carbons (Fsp3) is 0.200. The standard InChI is InChI=1S/C10H11NO3.2ClH/c1-14-9-4-2-8(3-5-9)10(13)6-11-7-12;;/h2-5,7H,6H2,1H3,(H,11,12);2*1H. The van der Waals surface area contributed by atoms with Gasteiger partial charge in [0.15, 0.2) is 5.78 Å². The molecule has 16 heavy (non-hydrogen) atoms. The molecule has 1 aromatic rings. The van der Waals surface area contributed by atoms with E-state index >= 15 is 0 Å². The van der Waals surface area contributed by atoms with Crippen LogP contribution in [0.5, 0.6) is 5.75 Å². The molecule has 4 nitrogen and oxygen atoms in total. The van der Waals surface area contributed by atoms with Gasteiger partial charge in [-0.15, -0.1) is 24.8 Å². The van der Waals surface area contributed by atoms with Crippen molar-refractivity contribution in [3.63, 3.8) is 0 Å². The molecule has 6 heteroatoms. The summed E-state index contributed by atoms with van der Waals surface area (Å²) in [6.45, 7) is 0.0236. The lowest BCUT2D eigenvalue weighted by molar-refractivity contribution is -0.109. The SMILES string of the molecule is COc1ccc(C(=O)CNC=O)cc1.Cl.Cl. The molecule has 0 saturated heterocycles. The van der Waals surface area contributed by atoms with E-state index in [0.29, 0.717) is 17.7 Å². The van der Waals surface area contributed by atoms with E-state index in [1.165, 1.54) is 0 Å².